The maximum absolute atomic E-state index is 11.1. The number of hydrogen-bond donors (Lipinski definition) is 1. The number of carboxylic acid groups (broad SMARTS) is 1. The fourth-order valence-corrected chi connectivity index (χ4v) is 1.04. The summed E-state index contributed by atoms with van der Waals surface area (Å²) in [6, 6.07) is 0. The van der Waals surface area contributed by atoms with E-state index in [1.54, 1.807) is 19.0 Å². The molecular weight excluding hydrogens is 174 g/mol. The Balaban J connectivity index is 4.18. The van der Waals surface area contributed by atoms with Crippen molar-refractivity contribution in [2.24, 2.45) is 5.92 Å². The van der Waals surface area contributed by atoms with Crippen LogP contribution < -0.4 is 0 Å². The van der Waals surface area contributed by atoms with Gasteiger partial charge in [-0.25, -0.2) is 0 Å². The smallest absolute Gasteiger partial charge is 0.310 e. The molecule has 0 saturated heterocycles. The van der Waals surface area contributed by atoms with E-state index in [-0.39, 0.29) is 6.42 Å². The molecule has 0 bridgehead atoms. The molecule has 0 aliphatic carbocycles. The lowest BCUT2D eigenvalue weighted by Crippen LogP contribution is -2.30. The highest BCUT2D eigenvalue weighted by atomic mass is 16.5. The topological polar surface area (TPSA) is 66.8 Å². The lowest BCUT2D eigenvalue weighted by Gasteiger charge is -2.16. The average molecular weight is 189 g/mol. The zero-order chi connectivity index (χ0) is 10.4. The molecule has 0 radical (unpaired) electrons. The second-order valence-electron chi connectivity index (χ2n) is 3.08. The van der Waals surface area contributed by atoms with E-state index in [1.165, 1.54) is 7.11 Å². The second kappa shape index (κ2) is 5.53. The van der Waals surface area contributed by atoms with Gasteiger partial charge in [0.2, 0.25) is 0 Å². The van der Waals surface area contributed by atoms with Crippen LogP contribution in [-0.4, -0.2) is 49.7 Å². The minimum absolute atomic E-state index is 0.190. The van der Waals surface area contributed by atoms with Gasteiger partial charge in [-0.05, 0) is 14.1 Å². The molecule has 0 rings (SSSR count). The van der Waals surface area contributed by atoms with Crippen LogP contribution in [0.2, 0.25) is 0 Å². The molecule has 0 aliphatic heterocycles. The van der Waals surface area contributed by atoms with Crippen LogP contribution in [0.5, 0.6) is 0 Å². The van der Waals surface area contributed by atoms with Gasteiger partial charge in [0.15, 0.2) is 0 Å². The van der Waals surface area contributed by atoms with Crippen molar-refractivity contribution in [3.05, 3.63) is 0 Å². The van der Waals surface area contributed by atoms with Crippen molar-refractivity contribution < 1.29 is 19.4 Å². The largest absolute Gasteiger partial charge is 0.481 e. The first-order valence-corrected chi connectivity index (χ1v) is 3.91. The van der Waals surface area contributed by atoms with Crippen molar-refractivity contribution in [1.29, 1.82) is 0 Å². The van der Waals surface area contributed by atoms with Gasteiger partial charge in [-0.2, -0.15) is 0 Å². The van der Waals surface area contributed by atoms with Crippen molar-refractivity contribution in [1.82, 2.24) is 4.90 Å². The molecule has 13 heavy (non-hydrogen) atoms. The van der Waals surface area contributed by atoms with Gasteiger partial charge in [-0.1, -0.05) is 0 Å². The molecule has 76 valence electrons. The predicted molar refractivity (Wildman–Crippen MR) is 46.3 cm³/mol. The standard InChI is InChI=1S/C8H15NO4/c1-9(2)5-6(4-7(10)11)8(12)13-3/h6H,4-5H2,1-3H3,(H,10,11). The molecule has 0 fully saturated rings. The van der Waals surface area contributed by atoms with Crippen LogP contribution in [0.25, 0.3) is 0 Å². The Kier molecular flexibility index (Phi) is 5.06. The van der Waals surface area contributed by atoms with Crippen LogP contribution in [0.3, 0.4) is 0 Å². The Morgan fingerprint density at radius 3 is 2.31 bits per heavy atom. The minimum atomic E-state index is -0.989. The number of nitrogens with zero attached hydrogens (tertiary/aromatic N) is 1. The zero-order valence-electron chi connectivity index (χ0n) is 8.11. The van der Waals surface area contributed by atoms with E-state index in [0.717, 1.165) is 0 Å². The number of rotatable bonds is 5. The Bertz CT molecular complexity index is 191. The van der Waals surface area contributed by atoms with Gasteiger partial charge in [0, 0.05) is 6.54 Å². The number of carbonyl (C=O) groups excluding carboxylic acids is 1. The summed E-state index contributed by atoms with van der Waals surface area (Å²) in [6.07, 6.45) is -0.190. The normalized spacial score (nSPS) is 12.6. The van der Waals surface area contributed by atoms with Crippen molar-refractivity contribution in [3.63, 3.8) is 0 Å². The Morgan fingerprint density at radius 1 is 1.46 bits per heavy atom. The second-order valence-corrected chi connectivity index (χ2v) is 3.08. The minimum Gasteiger partial charge on any atom is -0.481 e. The van der Waals surface area contributed by atoms with E-state index in [1.807, 2.05) is 0 Å². The summed E-state index contributed by atoms with van der Waals surface area (Å²) in [4.78, 5) is 23.2. The Labute approximate surface area is 77.3 Å². The average Bonchev–Trinajstić information content (AvgIpc) is 2.00. The Hall–Kier alpha value is -1.10. The summed E-state index contributed by atoms with van der Waals surface area (Å²) >= 11 is 0. The summed E-state index contributed by atoms with van der Waals surface area (Å²) in [5.41, 5.74) is 0. The van der Waals surface area contributed by atoms with Crippen LogP contribution in [0, 0.1) is 5.92 Å². The first-order valence-electron chi connectivity index (χ1n) is 3.91. The number of methoxy groups -OCH3 is 1. The van der Waals surface area contributed by atoms with E-state index < -0.39 is 17.9 Å². The third-order valence-electron chi connectivity index (χ3n) is 1.54. The maximum atomic E-state index is 11.1. The summed E-state index contributed by atoms with van der Waals surface area (Å²) in [7, 11) is 4.81. The van der Waals surface area contributed by atoms with E-state index >= 15 is 0 Å². The molecular formula is C8H15NO4. The van der Waals surface area contributed by atoms with Gasteiger partial charge in [-0.3, -0.25) is 9.59 Å². The lowest BCUT2D eigenvalue weighted by molar-refractivity contribution is -0.151. The molecule has 1 atom stereocenters. The molecule has 0 aromatic heterocycles. The quantitative estimate of drug-likeness (QED) is 0.607. The van der Waals surface area contributed by atoms with Crippen molar-refractivity contribution in [3.8, 4) is 0 Å². The first-order chi connectivity index (χ1) is 5.97. The summed E-state index contributed by atoms with van der Waals surface area (Å²) in [6.45, 7) is 0.388. The number of carbonyl (C=O) groups is 2. The summed E-state index contributed by atoms with van der Waals surface area (Å²) in [5, 5.41) is 8.51. The monoisotopic (exact) mass is 189 g/mol. The lowest BCUT2D eigenvalue weighted by atomic mass is 10.1. The van der Waals surface area contributed by atoms with Gasteiger partial charge >= 0.3 is 11.9 Å². The molecule has 0 aromatic rings. The third kappa shape index (κ3) is 5.19. The number of carboxylic acids is 1. The molecule has 1 unspecified atom stereocenters. The molecule has 0 aliphatic rings. The number of hydrogen-bond acceptors (Lipinski definition) is 4. The first kappa shape index (κ1) is 11.9. The number of ether oxygens (including phenoxy) is 1. The van der Waals surface area contributed by atoms with Crippen molar-refractivity contribution in [2.75, 3.05) is 27.7 Å². The van der Waals surface area contributed by atoms with Crippen molar-refractivity contribution >= 4 is 11.9 Å². The van der Waals surface area contributed by atoms with E-state index in [0.29, 0.717) is 6.54 Å². The molecule has 0 amide bonds. The van der Waals surface area contributed by atoms with Crippen LogP contribution in [0.15, 0.2) is 0 Å². The van der Waals surface area contributed by atoms with E-state index in [9.17, 15) is 9.59 Å². The van der Waals surface area contributed by atoms with Crippen LogP contribution >= 0.6 is 0 Å². The molecule has 0 saturated carbocycles. The fraction of sp³-hybridized carbons (Fsp3) is 0.750. The number of aliphatic carboxylic acids is 1. The van der Waals surface area contributed by atoms with Gasteiger partial charge in [-0.15, -0.1) is 0 Å². The van der Waals surface area contributed by atoms with Crippen LogP contribution in [0.1, 0.15) is 6.42 Å². The third-order valence-corrected chi connectivity index (χ3v) is 1.54. The molecule has 0 spiro atoms. The van der Waals surface area contributed by atoms with E-state index in [2.05, 4.69) is 4.74 Å². The number of esters is 1. The molecule has 0 heterocycles. The van der Waals surface area contributed by atoms with Crippen LogP contribution in [-0.2, 0) is 14.3 Å². The SMILES string of the molecule is COC(=O)C(CC(=O)O)CN(C)C. The highest BCUT2D eigenvalue weighted by Crippen LogP contribution is 2.06. The Morgan fingerprint density at radius 2 is 2.00 bits per heavy atom. The van der Waals surface area contributed by atoms with Crippen molar-refractivity contribution in [2.45, 2.75) is 6.42 Å². The fourth-order valence-electron chi connectivity index (χ4n) is 1.04. The summed E-state index contributed by atoms with van der Waals surface area (Å²) in [5.74, 6) is -2.05. The van der Waals surface area contributed by atoms with Gasteiger partial charge < -0.3 is 14.7 Å². The van der Waals surface area contributed by atoms with Gasteiger partial charge in [0.05, 0.1) is 19.4 Å². The maximum Gasteiger partial charge on any atom is 0.310 e. The highest BCUT2D eigenvalue weighted by molar-refractivity contribution is 5.79. The van der Waals surface area contributed by atoms with Crippen LogP contribution in [0.4, 0.5) is 0 Å². The zero-order valence-corrected chi connectivity index (χ0v) is 8.11. The summed E-state index contributed by atoms with van der Waals surface area (Å²) < 4.78 is 4.49. The molecule has 1 N–H and O–H groups in total. The van der Waals surface area contributed by atoms with Gasteiger partial charge in [0.1, 0.15) is 0 Å². The molecule has 5 heteroatoms. The molecule has 0 aromatic carbocycles. The predicted octanol–water partition coefficient (Wildman–Crippen LogP) is -0.188. The highest BCUT2D eigenvalue weighted by Gasteiger charge is 2.22. The van der Waals surface area contributed by atoms with Gasteiger partial charge in [0.25, 0.3) is 0 Å². The van der Waals surface area contributed by atoms with E-state index in [4.69, 9.17) is 5.11 Å². The molecule has 5 nitrogen and oxygen atoms in total.